The van der Waals surface area contributed by atoms with E-state index < -0.39 is 21.8 Å². The van der Waals surface area contributed by atoms with Crippen molar-refractivity contribution in [3.05, 3.63) is 69.9 Å². The van der Waals surface area contributed by atoms with Crippen molar-refractivity contribution >= 4 is 26.9 Å². The fraction of sp³-hybridized carbons (Fsp3) is 0.471. The maximum atomic E-state index is 16.2. The van der Waals surface area contributed by atoms with Gasteiger partial charge in [-0.3, -0.25) is 4.68 Å². The number of nitrogens with zero attached hydrogens (tertiary/aromatic N) is 4. The number of rotatable bonds is 8. The van der Waals surface area contributed by atoms with E-state index >= 15 is 4.39 Å². The molecule has 0 saturated heterocycles. The highest BCUT2D eigenvalue weighted by atomic mass is 32.2. The average Bonchev–Trinajstić information content (AvgIpc) is 3.69. The quantitative estimate of drug-likeness (QED) is 0.185. The Kier molecular flexibility index (Phi) is 8.76. The monoisotopic (exact) mass is 636 g/mol. The molecular weight excluding hydrogens is 595 g/mol. The zero-order chi connectivity index (χ0) is 31.9. The van der Waals surface area contributed by atoms with Crippen LogP contribution in [0.3, 0.4) is 0 Å². The number of carbonyl (C=O) groups is 1. The van der Waals surface area contributed by atoms with Crippen molar-refractivity contribution in [2.45, 2.75) is 71.9 Å². The maximum Gasteiger partial charge on any atom is 0.355 e. The molecule has 0 unspecified atom stereocenters. The van der Waals surface area contributed by atoms with E-state index in [4.69, 9.17) is 9.47 Å². The predicted molar refractivity (Wildman–Crippen MR) is 172 cm³/mol. The van der Waals surface area contributed by atoms with Crippen molar-refractivity contribution in [2.75, 3.05) is 26.0 Å². The van der Waals surface area contributed by atoms with Gasteiger partial charge in [0.15, 0.2) is 0 Å². The van der Waals surface area contributed by atoms with Crippen molar-refractivity contribution in [1.29, 1.82) is 0 Å². The first-order chi connectivity index (χ1) is 21.7. The molecule has 240 valence electrons. The molecule has 2 aromatic carbocycles. The molecule has 1 aliphatic carbocycles. The van der Waals surface area contributed by atoms with Crippen LogP contribution in [-0.4, -0.2) is 59.1 Å². The predicted octanol–water partition coefficient (Wildman–Crippen LogP) is 5.59. The maximum absolute atomic E-state index is 16.2. The van der Waals surface area contributed by atoms with Gasteiger partial charge in [0.2, 0.25) is 10.0 Å². The van der Waals surface area contributed by atoms with Gasteiger partial charge in [0.05, 0.1) is 36.7 Å². The van der Waals surface area contributed by atoms with Gasteiger partial charge in [0.1, 0.15) is 17.3 Å². The van der Waals surface area contributed by atoms with Gasteiger partial charge in [-0.05, 0) is 86.8 Å². The topological polar surface area (TPSA) is 95.7 Å². The highest BCUT2D eigenvalue weighted by molar-refractivity contribution is 7.89. The van der Waals surface area contributed by atoms with Crippen LogP contribution < -0.4 is 4.74 Å². The van der Waals surface area contributed by atoms with E-state index in [0.29, 0.717) is 53.9 Å². The number of benzene rings is 2. The lowest BCUT2D eigenvalue weighted by Gasteiger charge is -2.16. The Morgan fingerprint density at radius 1 is 1.07 bits per heavy atom. The molecule has 45 heavy (non-hydrogen) atoms. The van der Waals surface area contributed by atoms with Crippen molar-refractivity contribution in [2.24, 2.45) is 7.05 Å². The Hall–Kier alpha value is -3.70. The second-order valence-electron chi connectivity index (χ2n) is 11.9. The zero-order valence-corrected chi connectivity index (χ0v) is 27.3. The number of esters is 1. The number of sulfonamides is 1. The normalized spacial score (nSPS) is 16.3. The van der Waals surface area contributed by atoms with Crippen LogP contribution in [-0.2, 0) is 60.6 Å². The molecule has 2 aliphatic rings. The number of hydrogen-bond donors (Lipinski definition) is 0. The van der Waals surface area contributed by atoms with Crippen LogP contribution in [0.1, 0.15) is 71.7 Å². The highest BCUT2D eigenvalue weighted by Crippen LogP contribution is 2.41. The molecule has 0 atom stereocenters. The summed E-state index contributed by atoms with van der Waals surface area (Å²) in [4.78, 5) is 13.7. The number of aromatic nitrogens is 3. The number of halogens is 1. The first-order valence-corrected chi connectivity index (χ1v) is 17.5. The van der Waals surface area contributed by atoms with Crippen LogP contribution in [0.5, 0.6) is 5.75 Å². The molecule has 6 rings (SSSR count). The number of hydrogen-bond acceptors (Lipinski definition) is 6. The third-order valence-corrected chi connectivity index (χ3v) is 11.0. The summed E-state index contributed by atoms with van der Waals surface area (Å²) >= 11 is 0. The number of aryl methyl sites for hydroxylation is 4. The second-order valence-corrected chi connectivity index (χ2v) is 14.1. The molecule has 0 fully saturated rings. The summed E-state index contributed by atoms with van der Waals surface area (Å²) < 4.78 is 59.4. The fourth-order valence-electron chi connectivity index (χ4n) is 7.09. The van der Waals surface area contributed by atoms with E-state index in [1.807, 2.05) is 19.1 Å². The molecule has 9 nitrogen and oxygen atoms in total. The minimum atomic E-state index is -3.64. The molecule has 3 heterocycles. The lowest BCUT2D eigenvalue weighted by molar-refractivity contribution is 0.0512. The smallest absolute Gasteiger partial charge is 0.355 e. The summed E-state index contributed by atoms with van der Waals surface area (Å²) in [5.74, 6) is -0.157. The SMILES string of the molecule is CCOC(=O)c1c(CCCOc2cccc3c2CCC3)c2ccc(F)c3c2n1CCCS(=O)(=O)N(C)Cc1nn(C)c(CC)c1-3. The van der Waals surface area contributed by atoms with Crippen LogP contribution in [0.25, 0.3) is 22.0 Å². The highest BCUT2D eigenvalue weighted by Gasteiger charge is 2.32. The van der Waals surface area contributed by atoms with Crippen molar-refractivity contribution in [3.8, 4) is 16.9 Å². The van der Waals surface area contributed by atoms with E-state index in [1.165, 1.54) is 28.5 Å². The molecular formula is C34H41FN4O5S. The molecule has 0 bridgehead atoms. The first-order valence-electron chi connectivity index (χ1n) is 15.9. The summed E-state index contributed by atoms with van der Waals surface area (Å²) in [6.45, 7) is 4.57. The largest absolute Gasteiger partial charge is 0.493 e. The van der Waals surface area contributed by atoms with Crippen LogP contribution in [0.15, 0.2) is 30.3 Å². The zero-order valence-electron chi connectivity index (χ0n) is 26.5. The molecule has 0 spiro atoms. The van der Waals surface area contributed by atoms with E-state index in [1.54, 1.807) is 29.3 Å². The van der Waals surface area contributed by atoms with Crippen LogP contribution in [0.4, 0.5) is 4.39 Å². The van der Waals surface area contributed by atoms with E-state index in [-0.39, 0.29) is 31.9 Å². The third-order valence-electron chi connectivity index (χ3n) is 9.13. The third kappa shape index (κ3) is 5.65. The lowest BCUT2D eigenvalue weighted by atomic mass is 9.96. The number of carbonyl (C=O) groups excluding carboxylic acids is 1. The van der Waals surface area contributed by atoms with Crippen LogP contribution >= 0.6 is 0 Å². The van der Waals surface area contributed by atoms with Crippen molar-refractivity contribution < 1.29 is 27.1 Å². The van der Waals surface area contributed by atoms with E-state index in [0.717, 1.165) is 41.7 Å². The van der Waals surface area contributed by atoms with Crippen molar-refractivity contribution in [1.82, 2.24) is 18.7 Å². The molecule has 1 aliphatic heterocycles. The van der Waals surface area contributed by atoms with Crippen LogP contribution in [0.2, 0.25) is 0 Å². The average molecular weight is 637 g/mol. The van der Waals surface area contributed by atoms with E-state index in [2.05, 4.69) is 11.2 Å². The fourth-order valence-corrected chi connectivity index (χ4v) is 8.21. The van der Waals surface area contributed by atoms with E-state index in [9.17, 15) is 13.2 Å². The Balaban J connectivity index is 1.50. The van der Waals surface area contributed by atoms with Gasteiger partial charge >= 0.3 is 5.97 Å². The number of fused-ring (bicyclic) bond motifs is 3. The minimum Gasteiger partial charge on any atom is -0.493 e. The Morgan fingerprint density at radius 2 is 1.89 bits per heavy atom. The van der Waals surface area contributed by atoms with Gasteiger partial charge in [0, 0.05) is 42.8 Å². The summed E-state index contributed by atoms with van der Waals surface area (Å²) in [5, 5.41) is 5.43. The Labute approximate surface area is 264 Å². The Bertz CT molecular complexity index is 1880. The summed E-state index contributed by atoms with van der Waals surface area (Å²) in [5.41, 5.74) is 6.48. The first kappa shape index (κ1) is 31.3. The summed E-state index contributed by atoms with van der Waals surface area (Å²) in [7, 11) is -0.314. The molecule has 11 heteroatoms. The number of ether oxygens (including phenoxy) is 2. The second kappa shape index (κ2) is 12.6. The molecule has 0 radical (unpaired) electrons. The molecule has 0 saturated carbocycles. The molecule has 4 aromatic rings. The van der Waals surface area contributed by atoms with Crippen molar-refractivity contribution in [3.63, 3.8) is 0 Å². The molecule has 2 aromatic heterocycles. The lowest BCUT2D eigenvalue weighted by Crippen LogP contribution is -2.29. The molecule has 0 amide bonds. The van der Waals surface area contributed by atoms with Gasteiger partial charge < -0.3 is 14.0 Å². The van der Waals surface area contributed by atoms with Gasteiger partial charge in [-0.15, -0.1) is 0 Å². The minimum absolute atomic E-state index is 0.0140. The Morgan fingerprint density at radius 3 is 2.67 bits per heavy atom. The molecule has 0 N–H and O–H groups in total. The van der Waals surface area contributed by atoms with Gasteiger partial charge in [0.25, 0.3) is 0 Å². The van der Waals surface area contributed by atoms with Gasteiger partial charge in [-0.2, -0.15) is 9.40 Å². The van der Waals surface area contributed by atoms with Gasteiger partial charge in [-0.1, -0.05) is 19.1 Å². The van der Waals surface area contributed by atoms with Gasteiger partial charge in [-0.25, -0.2) is 17.6 Å². The summed E-state index contributed by atoms with van der Waals surface area (Å²) in [6.07, 6.45) is 5.15. The van der Waals surface area contributed by atoms with Crippen LogP contribution in [0, 0.1) is 5.82 Å². The summed E-state index contributed by atoms with van der Waals surface area (Å²) in [6, 6.07) is 9.39. The standard InChI is InChI=1S/C34H41FN4O5S/c1-5-28-31-27(36-38(28)4)21-37(3)45(41,42)20-10-18-39-32-25(16-17-26(35)30(31)32)24(33(39)34(40)43-6-2)14-9-19-44-29-15-8-12-22-11-7-13-23(22)29/h8,12,15-17H,5-7,9-11,13-14,18-21H2,1-4H3.